The van der Waals surface area contributed by atoms with E-state index in [0.717, 1.165) is 12.0 Å². The molecule has 8 heteroatoms. The number of rotatable bonds is 9. The van der Waals surface area contributed by atoms with E-state index in [1.807, 2.05) is 26.0 Å². The highest BCUT2D eigenvalue weighted by molar-refractivity contribution is 6.33. The molecule has 168 valence electrons. The Kier molecular flexibility index (Phi) is 7.64. The third kappa shape index (κ3) is 5.34. The summed E-state index contributed by atoms with van der Waals surface area (Å²) in [6, 6.07) is 9.99. The van der Waals surface area contributed by atoms with Crippen molar-refractivity contribution in [3.05, 3.63) is 70.4 Å². The largest absolute Gasteiger partial charge is 0.489 e. The smallest absolute Gasteiger partial charge is 0.344 e. The molecule has 0 saturated heterocycles. The van der Waals surface area contributed by atoms with Gasteiger partial charge in [0.05, 0.1) is 16.4 Å². The predicted octanol–water partition coefficient (Wildman–Crippen LogP) is 5.49. The molecule has 0 aliphatic heterocycles. The second-order valence-corrected chi connectivity index (χ2v) is 7.54. The highest BCUT2D eigenvalue weighted by atomic mass is 35.5. The van der Waals surface area contributed by atoms with Crippen LogP contribution in [-0.2, 0) is 24.2 Å². The number of carbonyl (C=O) groups is 1. The van der Waals surface area contributed by atoms with E-state index in [1.54, 1.807) is 18.2 Å². The molecule has 0 radical (unpaired) electrons. The lowest BCUT2D eigenvalue weighted by Gasteiger charge is -2.16. The lowest BCUT2D eigenvalue weighted by Crippen LogP contribution is -2.23. The third-order valence-corrected chi connectivity index (χ3v) is 5.38. The maximum absolute atomic E-state index is 14.8. The molecule has 1 heterocycles. The Bertz CT molecular complexity index is 1120. The highest BCUT2D eigenvalue weighted by Crippen LogP contribution is 2.32. The number of carboxylic acids is 1. The first-order valence-corrected chi connectivity index (χ1v) is 10.6. The zero-order valence-electron chi connectivity index (χ0n) is 18.1. The normalized spacial score (nSPS) is 11.8. The first-order chi connectivity index (χ1) is 15.3. The summed E-state index contributed by atoms with van der Waals surface area (Å²) < 4.78 is 26.2. The Balaban J connectivity index is 1.81. The molecular formula is C24H24ClFN2O4. The number of nitrogens with zero attached hydrogens (tertiary/aromatic N) is 2. The molecule has 0 spiro atoms. The molecule has 3 rings (SSSR count). The van der Waals surface area contributed by atoms with Crippen LogP contribution in [0.5, 0.6) is 11.5 Å². The number of hydrogen-bond acceptors (Lipinski definition) is 5. The van der Waals surface area contributed by atoms with Crippen LogP contribution in [0.15, 0.2) is 42.7 Å². The Morgan fingerprint density at radius 2 is 1.94 bits per heavy atom. The van der Waals surface area contributed by atoms with Gasteiger partial charge >= 0.3 is 5.97 Å². The summed E-state index contributed by atoms with van der Waals surface area (Å²) in [5.74, 6) is -0.853. The molecule has 2 aromatic carbocycles. The Labute approximate surface area is 191 Å². The molecule has 1 aromatic heterocycles. The second-order valence-electron chi connectivity index (χ2n) is 7.16. The van der Waals surface area contributed by atoms with E-state index in [2.05, 4.69) is 9.97 Å². The molecule has 0 aliphatic rings. The van der Waals surface area contributed by atoms with Gasteiger partial charge in [-0.15, -0.1) is 0 Å². The third-order valence-electron chi connectivity index (χ3n) is 4.98. The fourth-order valence-corrected chi connectivity index (χ4v) is 3.40. The molecule has 6 nitrogen and oxygen atoms in total. The van der Waals surface area contributed by atoms with Gasteiger partial charge in [0.2, 0.25) is 0 Å². The summed E-state index contributed by atoms with van der Waals surface area (Å²) >= 11 is 6.32. The van der Waals surface area contributed by atoms with Crippen molar-refractivity contribution in [2.45, 2.75) is 46.3 Å². The SMILES string of the molecule is CCc1ccc(COc2ccc(-c3ncnc(CC)c3Cl)c(F)c2)c(OC(C)C(=O)O)c1. The fraction of sp³-hybridized carbons (Fsp3) is 0.292. The summed E-state index contributed by atoms with van der Waals surface area (Å²) in [5, 5.41) is 9.48. The first kappa shape index (κ1) is 23.5. The van der Waals surface area contributed by atoms with Gasteiger partial charge in [-0.1, -0.05) is 37.6 Å². The van der Waals surface area contributed by atoms with Crippen LogP contribution in [0.2, 0.25) is 5.02 Å². The number of hydrogen-bond donors (Lipinski definition) is 1. The van der Waals surface area contributed by atoms with Crippen molar-refractivity contribution in [1.29, 1.82) is 0 Å². The minimum atomic E-state index is -1.06. The summed E-state index contributed by atoms with van der Waals surface area (Å²) in [4.78, 5) is 19.4. The van der Waals surface area contributed by atoms with Gasteiger partial charge in [0.15, 0.2) is 6.10 Å². The summed E-state index contributed by atoms with van der Waals surface area (Å²) in [6.45, 7) is 5.45. The van der Waals surface area contributed by atoms with Crippen LogP contribution in [0.3, 0.4) is 0 Å². The summed E-state index contributed by atoms with van der Waals surface area (Å²) in [7, 11) is 0. The van der Waals surface area contributed by atoms with Crippen LogP contribution < -0.4 is 9.47 Å². The number of carboxylic acid groups (broad SMARTS) is 1. The minimum Gasteiger partial charge on any atom is -0.489 e. The maximum Gasteiger partial charge on any atom is 0.344 e. The predicted molar refractivity (Wildman–Crippen MR) is 120 cm³/mol. The molecule has 32 heavy (non-hydrogen) atoms. The van der Waals surface area contributed by atoms with Crippen molar-refractivity contribution >= 4 is 17.6 Å². The Morgan fingerprint density at radius 1 is 1.16 bits per heavy atom. The van der Waals surface area contributed by atoms with Crippen molar-refractivity contribution in [3.8, 4) is 22.8 Å². The molecule has 0 fully saturated rings. The fourth-order valence-electron chi connectivity index (χ4n) is 3.07. The van der Waals surface area contributed by atoms with E-state index in [4.69, 9.17) is 26.2 Å². The number of aliphatic carboxylic acids is 1. The lowest BCUT2D eigenvalue weighted by atomic mass is 10.1. The molecule has 3 aromatic rings. The standard InChI is InChI=1S/C24H24ClFN2O4/c1-4-15-6-7-16(21(10-15)32-14(3)24(29)30)12-31-17-8-9-18(19(26)11-17)23-22(25)20(5-2)27-13-28-23/h6-11,13-14H,4-5,12H2,1-3H3,(H,29,30). The molecule has 0 bridgehead atoms. The van der Waals surface area contributed by atoms with Gasteiger partial charge in [0, 0.05) is 17.2 Å². The van der Waals surface area contributed by atoms with Crippen molar-refractivity contribution in [2.75, 3.05) is 0 Å². The van der Waals surface area contributed by atoms with Gasteiger partial charge in [0.25, 0.3) is 0 Å². The number of halogens is 2. The molecule has 0 amide bonds. The van der Waals surface area contributed by atoms with Crippen molar-refractivity contribution in [2.24, 2.45) is 0 Å². The van der Waals surface area contributed by atoms with Crippen molar-refractivity contribution in [3.63, 3.8) is 0 Å². The number of aryl methyl sites for hydroxylation is 2. The van der Waals surface area contributed by atoms with Gasteiger partial charge in [-0.05, 0) is 43.5 Å². The van der Waals surface area contributed by atoms with Crippen LogP contribution in [0.25, 0.3) is 11.3 Å². The maximum atomic E-state index is 14.8. The lowest BCUT2D eigenvalue weighted by molar-refractivity contribution is -0.144. The monoisotopic (exact) mass is 458 g/mol. The van der Waals surface area contributed by atoms with Crippen molar-refractivity contribution in [1.82, 2.24) is 9.97 Å². The van der Waals surface area contributed by atoms with Crippen LogP contribution in [0.4, 0.5) is 4.39 Å². The van der Waals surface area contributed by atoms with E-state index in [1.165, 1.54) is 19.3 Å². The van der Waals surface area contributed by atoms with E-state index in [0.29, 0.717) is 39.9 Å². The van der Waals surface area contributed by atoms with Gasteiger partial charge in [-0.25, -0.2) is 19.2 Å². The number of aromatic nitrogens is 2. The Hall–Kier alpha value is -3.19. The van der Waals surface area contributed by atoms with E-state index < -0.39 is 17.9 Å². The molecule has 1 N–H and O–H groups in total. The summed E-state index contributed by atoms with van der Waals surface area (Å²) in [6.07, 6.45) is 1.74. The molecule has 1 unspecified atom stereocenters. The zero-order valence-corrected chi connectivity index (χ0v) is 18.8. The first-order valence-electron chi connectivity index (χ1n) is 10.3. The molecule has 1 atom stereocenters. The zero-order chi connectivity index (χ0) is 23.3. The minimum absolute atomic E-state index is 0.0820. The topological polar surface area (TPSA) is 81.5 Å². The second kappa shape index (κ2) is 10.4. The molecule has 0 aliphatic carbocycles. The van der Waals surface area contributed by atoms with Gasteiger partial charge in [0.1, 0.15) is 30.3 Å². The van der Waals surface area contributed by atoms with Crippen LogP contribution in [0, 0.1) is 5.82 Å². The summed E-state index contributed by atoms with van der Waals surface area (Å²) in [5.41, 5.74) is 2.90. The molecular weight excluding hydrogens is 435 g/mol. The van der Waals surface area contributed by atoms with Gasteiger partial charge in [-0.3, -0.25) is 0 Å². The number of benzene rings is 2. The Morgan fingerprint density at radius 3 is 2.59 bits per heavy atom. The quantitative estimate of drug-likeness (QED) is 0.456. The van der Waals surface area contributed by atoms with Gasteiger partial charge < -0.3 is 14.6 Å². The van der Waals surface area contributed by atoms with E-state index in [9.17, 15) is 9.18 Å². The van der Waals surface area contributed by atoms with E-state index >= 15 is 0 Å². The van der Waals surface area contributed by atoms with Crippen LogP contribution in [-0.4, -0.2) is 27.1 Å². The average Bonchev–Trinajstić information content (AvgIpc) is 2.78. The van der Waals surface area contributed by atoms with Crippen LogP contribution in [0.1, 0.15) is 37.6 Å². The van der Waals surface area contributed by atoms with E-state index in [-0.39, 0.29) is 12.2 Å². The highest BCUT2D eigenvalue weighted by Gasteiger charge is 2.17. The van der Waals surface area contributed by atoms with Gasteiger partial charge in [-0.2, -0.15) is 0 Å². The number of ether oxygens (including phenoxy) is 2. The van der Waals surface area contributed by atoms with Crippen LogP contribution >= 0.6 is 11.6 Å². The molecule has 0 saturated carbocycles. The van der Waals surface area contributed by atoms with Crippen molar-refractivity contribution < 1.29 is 23.8 Å². The average molecular weight is 459 g/mol.